The van der Waals surface area contributed by atoms with Gasteiger partial charge in [0.15, 0.2) is 0 Å². The number of nitrogens with zero attached hydrogens (tertiary/aromatic N) is 1. The highest BCUT2D eigenvalue weighted by atomic mass is 32.2. The summed E-state index contributed by atoms with van der Waals surface area (Å²) < 4.78 is 71.6. The smallest absolute Gasteiger partial charge is 0.381 e. The van der Waals surface area contributed by atoms with E-state index in [1.807, 2.05) is 30.3 Å². The van der Waals surface area contributed by atoms with E-state index in [1.165, 1.54) is 24.3 Å². The van der Waals surface area contributed by atoms with Crippen LogP contribution in [0.2, 0.25) is 0 Å². The van der Waals surface area contributed by atoms with Crippen molar-refractivity contribution < 1.29 is 35.4 Å². The molecule has 2 aromatic carbocycles. The Hall–Kier alpha value is -2.92. The van der Waals surface area contributed by atoms with Crippen molar-refractivity contribution in [2.75, 3.05) is 0 Å². The summed E-state index contributed by atoms with van der Waals surface area (Å²) in [6.07, 6.45) is -0.754. The van der Waals surface area contributed by atoms with Crippen molar-refractivity contribution in [1.29, 1.82) is 0 Å². The summed E-state index contributed by atoms with van der Waals surface area (Å²) in [5.41, 5.74) is -4.26. The number of alkyl halides is 3. The van der Waals surface area contributed by atoms with E-state index < -0.39 is 38.5 Å². The molecule has 0 N–H and O–H groups in total. The Morgan fingerprint density at radius 3 is 2.26 bits per heavy atom. The Kier molecular flexibility index (Phi) is 6.37. The number of nitro groups is 1. The molecule has 0 aromatic heterocycles. The van der Waals surface area contributed by atoms with Crippen molar-refractivity contribution >= 4 is 15.8 Å². The van der Waals surface area contributed by atoms with Crippen molar-refractivity contribution in [1.82, 2.24) is 0 Å². The predicted octanol–water partition coefficient (Wildman–Crippen LogP) is 5.33. The van der Waals surface area contributed by atoms with Gasteiger partial charge in [-0.2, -0.15) is 21.6 Å². The van der Waals surface area contributed by atoms with Gasteiger partial charge in [-0.1, -0.05) is 30.3 Å². The summed E-state index contributed by atoms with van der Waals surface area (Å²) in [5.74, 6) is -0.438. The molecule has 0 radical (unpaired) electrons. The zero-order chi connectivity index (χ0) is 22.8. The van der Waals surface area contributed by atoms with Gasteiger partial charge >= 0.3 is 15.6 Å². The maximum Gasteiger partial charge on any atom is 0.534 e. The molecule has 0 saturated carbocycles. The van der Waals surface area contributed by atoms with Gasteiger partial charge in [-0.15, -0.1) is 0 Å². The number of ether oxygens (including phenoxy) is 1. The number of hydrogen-bond acceptors (Lipinski definition) is 6. The van der Waals surface area contributed by atoms with Gasteiger partial charge in [0.2, 0.25) is 0 Å². The molecule has 1 fully saturated rings. The molecular weight excluding hydrogens is 439 g/mol. The maximum atomic E-state index is 12.8. The first-order valence-electron chi connectivity index (χ1n) is 9.15. The first kappa shape index (κ1) is 22.8. The van der Waals surface area contributed by atoms with Gasteiger partial charge in [0.1, 0.15) is 11.9 Å². The predicted molar refractivity (Wildman–Crippen MR) is 104 cm³/mol. The highest BCUT2D eigenvalue weighted by Gasteiger charge is 2.49. The van der Waals surface area contributed by atoms with Crippen molar-refractivity contribution in [3.05, 3.63) is 87.2 Å². The molecule has 1 aliphatic rings. The Morgan fingerprint density at radius 2 is 1.71 bits per heavy atom. The standard InChI is InChI=1S/C20H18F3NO6S/c1-13(30-31(27,28)20(21,22)23)17-11-12-18(14-5-3-2-4-6-14)29-19(17)15-7-9-16(10-8-15)24(25)26/h2-10,18-19H,11-12H2,1H3. The van der Waals surface area contributed by atoms with Gasteiger partial charge < -0.3 is 8.92 Å². The lowest BCUT2D eigenvalue weighted by Crippen LogP contribution is -2.26. The third kappa shape index (κ3) is 5.05. The summed E-state index contributed by atoms with van der Waals surface area (Å²) in [4.78, 5) is 10.3. The highest BCUT2D eigenvalue weighted by Crippen LogP contribution is 2.44. The van der Waals surface area contributed by atoms with Gasteiger partial charge in [-0.3, -0.25) is 10.1 Å². The van der Waals surface area contributed by atoms with Gasteiger partial charge in [0.25, 0.3) is 5.69 Å². The summed E-state index contributed by atoms with van der Waals surface area (Å²) in [6.45, 7) is 1.13. The van der Waals surface area contributed by atoms with Crippen LogP contribution >= 0.6 is 0 Å². The highest BCUT2D eigenvalue weighted by molar-refractivity contribution is 7.87. The van der Waals surface area contributed by atoms with Crippen molar-refractivity contribution in [2.45, 2.75) is 37.5 Å². The van der Waals surface area contributed by atoms with Crippen LogP contribution in [0, 0.1) is 10.1 Å². The Morgan fingerprint density at radius 1 is 1.10 bits per heavy atom. The molecule has 7 nitrogen and oxygen atoms in total. The van der Waals surface area contributed by atoms with Crippen LogP contribution < -0.4 is 0 Å². The Bertz CT molecular complexity index is 1080. The molecule has 1 saturated heterocycles. The molecule has 3 rings (SSSR count). The molecule has 1 aliphatic heterocycles. The molecule has 166 valence electrons. The minimum atomic E-state index is -5.84. The van der Waals surface area contributed by atoms with Crippen LogP contribution in [0.5, 0.6) is 0 Å². The lowest BCUT2D eigenvalue weighted by molar-refractivity contribution is -0.384. The minimum absolute atomic E-state index is 0.169. The molecule has 2 aromatic rings. The quantitative estimate of drug-likeness (QED) is 0.198. The number of hydrogen-bond donors (Lipinski definition) is 0. The van der Waals surface area contributed by atoms with Crippen LogP contribution in [-0.2, 0) is 19.0 Å². The van der Waals surface area contributed by atoms with Crippen LogP contribution in [0.1, 0.15) is 43.1 Å². The number of non-ortho nitro benzene ring substituents is 1. The summed E-state index contributed by atoms with van der Waals surface area (Å²) >= 11 is 0. The van der Waals surface area contributed by atoms with Gasteiger partial charge in [-0.25, -0.2) is 0 Å². The van der Waals surface area contributed by atoms with E-state index in [1.54, 1.807) is 0 Å². The van der Waals surface area contributed by atoms with E-state index in [2.05, 4.69) is 4.18 Å². The second-order valence-electron chi connectivity index (χ2n) is 6.87. The lowest BCUT2D eigenvalue weighted by atomic mass is 9.90. The summed E-state index contributed by atoms with van der Waals surface area (Å²) in [6, 6.07) is 14.4. The van der Waals surface area contributed by atoms with Crippen molar-refractivity contribution in [2.24, 2.45) is 0 Å². The van der Waals surface area contributed by atoms with Gasteiger partial charge in [-0.05, 0) is 43.0 Å². The fraction of sp³-hybridized carbons (Fsp3) is 0.300. The molecule has 0 amide bonds. The molecule has 2 unspecified atom stereocenters. The monoisotopic (exact) mass is 457 g/mol. The summed E-state index contributed by atoms with van der Waals surface area (Å²) in [7, 11) is -5.84. The third-order valence-electron chi connectivity index (χ3n) is 4.84. The first-order chi connectivity index (χ1) is 14.5. The van der Waals surface area contributed by atoms with Crippen molar-refractivity contribution in [3.8, 4) is 0 Å². The molecule has 2 atom stereocenters. The number of halogens is 3. The van der Waals surface area contributed by atoms with Crippen LogP contribution in [0.15, 0.2) is 65.9 Å². The van der Waals surface area contributed by atoms with Crippen LogP contribution in [0.4, 0.5) is 18.9 Å². The third-order valence-corrected chi connectivity index (χ3v) is 5.88. The molecule has 0 bridgehead atoms. The van der Waals surface area contributed by atoms with Crippen molar-refractivity contribution in [3.63, 3.8) is 0 Å². The topological polar surface area (TPSA) is 95.7 Å². The molecule has 31 heavy (non-hydrogen) atoms. The Labute approximate surface area is 176 Å². The fourth-order valence-electron chi connectivity index (χ4n) is 3.32. The van der Waals surface area contributed by atoms with Gasteiger partial charge in [0, 0.05) is 17.7 Å². The van der Waals surface area contributed by atoms with E-state index in [4.69, 9.17) is 4.74 Å². The second kappa shape index (κ2) is 8.67. The molecule has 0 spiro atoms. The average molecular weight is 457 g/mol. The van der Waals surface area contributed by atoms with Crippen LogP contribution in [-0.4, -0.2) is 18.8 Å². The van der Waals surface area contributed by atoms with Gasteiger partial charge in [0.05, 0.1) is 11.0 Å². The maximum absolute atomic E-state index is 12.8. The van der Waals surface area contributed by atoms with E-state index in [-0.39, 0.29) is 17.7 Å². The lowest BCUT2D eigenvalue weighted by Gasteiger charge is -2.34. The molecule has 11 heteroatoms. The van der Waals surface area contributed by atoms with E-state index in [0.29, 0.717) is 12.0 Å². The SMILES string of the molecule is CC(OS(=O)(=O)C(F)(F)F)=C1CCC(c2ccccc2)OC1c1ccc([N+](=O)[O-])cc1. The van der Waals surface area contributed by atoms with Crippen LogP contribution in [0.3, 0.4) is 0 Å². The molecule has 0 aliphatic carbocycles. The largest absolute Gasteiger partial charge is 0.534 e. The fourth-order valence-corrected chi connectivity index (χ4v) is 3.85. The van der Waals surface area contributed by atoms with E-state index in [9.17, 15) is 31.7 Å². The first-order valence-corrected chi connectivity index (χ1v) is 10.6. The average Bonchev–Trinajstić information content (AvgIpc) is 2.73. The number of nitro benzene ring substituents is 1. The number of allylic oxidation sites excluding steroid dienone is 1. The van der Waals surface area contributed by atoms with E-state index >= 15 is 0 Å². The number of rotatable bonds is 5. The zero-order valence-corrected chi connectivity index (χ0v) is 17.0. The molecular formula is C20H18F3NO6S. The second-order valence-corrected chi connectivity index (χ2v) is 8.41. The molecule has 1 heterocycles. The van der Waals surface area contributed by atoms with Crippen LogP contribution in [0.25, 0.3) is 0 Å². The Balaban J connectivity index is 1.99. The normalized spacial score (nSPS) is 21.4. The summed E-state index contributed by atoms with van der Waals surface area (Å²) in [5, 5.41) is 10.9. The minimum Gasteiger partial charge on any atom is -0.381 e. The van der Waals surface area contributed by atoms with E-state index in [0.717, 1.165) is 12.5 Å². The number of benzene rings is 2. The zero-order valence-electron chi connectivity index (χ0n) is 16.2.